The predicted octanol–water partition coefficient (Wildman–Crippen LogP) is 2.51. The number of hydrogen-bond acceptors (Lipinski definition) is 3. The van der Waals surface area contributed by atoms with Gasteiger partial charge in [-0.1, -0.05) is 13.0 Å². The normalized spacial score (nSPS) is 18.2. The summed E-state index contributed by atoms with van der Waals surface area (Å²) in [6.07, 6.45) is 3.43. The molecule has 1 aromatic heterocycles. The second-order valence-corrected chi connectivity index (χ2v) is 4.61. The molecular formula is C13H20FN3. The third kappa shape index (κ3) is 3.66. The molecule has 0 amide bonds. The third-order valence-electron chi connectivity index (χ3n) is 3.19. The molecule has 17 heavy (non-hydrogen) atoms. The lowest BCUT2D eigenvalue weighted by molar-refractivity contribution is 0.219. The summed E-state index contributed by atoms with van der Waals surface area (Å²) in [5.74, 6) is 0.234. The Morgan fingerprint density at radius 2 is 2.18 bits per heavy atom. The molecular weight excluding hydrogens is 217 g/mol. The highest BCUT2D eigenvalue weighted by molar-refractivity contribution is 5.34. The number of pyridine rings is 1. The Kier molecular flexibility index (Phi) is 4.31. The standard InChI is InChI=1S/C13H20FN3/c1-2-8-17-9-6-11(7-10-17)15-13-5-3-4-12(14)16-13/h3-5,11H,2,6-10H2,1H3,(H,15,16). The van der Waals surface area contributed by atoms with Crippen molar-refractivity contribution in [1.82, 2.24) is 9.88 Å². The Morgan fingerprint density at radius 1 is 1.41 bits per heavy atom. The van der Waals surface area contributed by atoms with E-state index in [0.717, 1.165) is 25.9 Å². The van der Waals surface area contributed by atoms with Gasteiger partial charge in [0, 0.05) is 19.1 Å². The summed E-state index contributed by atoms with van der Waals surface area (Å²) in [7, 11) is 0. The lowest BCUT2D eigenvalue weighted by Crippen LogP contribution is -2.39. The van der Waals surface area contributed by atoms with Crippen molar-refractivity contribution < 1.29 is 4.39 Å². The number of likely N-dealkylation sites (tertiary alicyclic amines) is 1. The third-order valence-corrected chi connectivity index (χ3v) is 3.19. The zero-order valence-electron chi connectivity index (χ0n) is 10.3. The van der Waals surface area contributed by atoms with Crippen LogP contribution in [0.25, 0.3) is 0 Å². The molecule has 3 nitrogen and oxygen atoms in total. The summed E-state index contributed by atoms with van der Waals surface area (Å²) in [5.41, 5.74) is 0. The second kappa shape index (κ2) is 5.96. The van der Waals surface area contributed by atoms with E-state index in [0.29, 0.717) is 11.9 Å². The van der Waals surface area contributed by atoms with Crippen molar-refractivity contribution in [3.8, 4) is 0 Å². The van der Waals surface area contributed by atoms with Crippen LogP contribution in [-0.2, 0) is 0 Å². The van der Waals surface area contributed by atoms with Gasteiger partial charge in [0.25, 0.3) is 0 Å². The summed E-state index contributed by atoms with van der Waals surface area (Å²) in [6, 6.07) is 5.31. The van der Waals surface area contributed by atoms with Crippen LogP contribution in [0.15, 0.2) is 18.2 Å². The van der Waals surface area contributed by atoms with Gasteiger partial charge < -0.3 is 10.2 Å². The molecule has 2 heterocycles. The maximum atomic E-state index is 12.9. The highest BCUT2D eigenvalue weighted by atomic mass is 19.1. The van der Waals surface area contributed by atoms with Gasteiger partial charge in [-0.15, -0.1) is 0 Å². The lowest BCUT2D eigenvalue weighted by Gasteiger charge is -2.32. The van der Waals surface area contributed by atoms with E-state index in [-0.39, 0.29) is 0 Å². The highest BCUT2D eigenvalue weighted by Crippen LogP contribution is 2.15. The van der Waals surface area contributed by atoms with E-state index in [2.05, 4.69) is 22.1 Å². The average Bonchev–Trinajstić information content (AvgIpc) is 2.32. The predicted molar refractivity (Wildman–Crippen MR) is 67.6 cm³/mol. The van der Waals surface area contributed by atoms with Gasteiger partial charge in [0.15, 0.2) is 0 Å². The van der Waals surface area contributed by atoms with Gasteiger partial charge in [-0.2, -0.15) is 4.39 Å². The summed E-state index contributed by atoms with van der Waals surface area (Å²) < 4.78 is 12.9. The van der Waals surface area contributed by atoms with Crippen LogP contribution >= 0.6 is 0 Å². The van der Waals surface area contributed by atoms with E-state index in [9.17, 15) is 4.39 Å². The Balaban J connectivity index is 1.82. The van der Waals surface area contributed by atoms with Crippen LogP contribution in [-0.4, -0.2) is 35.6 Å². The highest BCUT2D eigenvalue weighted by Gasteiger charge is 2.18. The first-order chi connectivity index (χ1) is 8.28. The van der Waals surface area contributed by atoms with Crippen LogP contribution in [0.5, 0.6) is 0 Å². The van der Waals surface area contributed by atoms with Crippen molar-refractivity contribution in [1.29, 1.82) is 0 Å². The van der Waals surface area contributed by atoms with Crippen LogP contribution in [0.1, 0.15) is 26.2 Å². The zero-order valence-corrected chi connectivity index (χ0v) is 10.3. The fraction of sp³-hybridized carbons (Fsp3) is 0.615. The van der Waals surface area contributed by atoms with Gasteiger partial charge in [-0.3, -0.25) is 0 Å². The van der Waals surface area contributed by atoms with Crippen molar-refractivity contribution >= 4 is 5.82 Å². The lowest BCUT2D eigenvalue weighted by atomic mass is 10.0. The maximum absolute atomic E-state index is 12.9. The summed E-state index contributed by atoms with van der Waals surface area (Å²) in [6.45, 7) is 5.65. The molecule has 1 saturated heterocycles. The van der Waals surface area contributed by atoms with E-state index in [1.54, 1.807) is 6.07 Å². The molecule has 1 aliphatic rings. The molecule has 0 aromatic carbocycles. The van der Waals surface area contributed by atoms with Crippen molar-refractivity contribution in [3.63, 3.8) is 0 Å². The first-order valence-corrected chi connectivity index (χ1v) is 6.39. The SMILES string of the molecule is CCCN1CCC(Nc2cccc(F)n2)CC1. The number of halogens is 1. The molecule has 0 atom stereocenters. The molecule has 1 aromatic rings. The van der Waals surface area contributed by atoms with Crippen molar-refractivity contribution in [2.75, 3.05) is 25.0 Å². The van der Waals surface area contributed by atoms with Crippen molar-refractivity contribution in [3.05, 3.63) is 24.1 Å². The Bertz CT molecular complexity index is 348. The zero-order chi connectivity index (χ0) is 12.1. The first-order valence-electron chi connectivity index (χ1n) is 6.39. The van der Waals surface area contributed by atoms with Crippen LogP contribution < -0.4 is 5.32 Å². The van der Waals surface area contributed by atoms with Crippen LogP contribution in [0.3, 0.4) is 0 Å². The Hall–Kier alpha value is -1.16. The number of hydrogen-bond donors (Lipinski definition) is 1. The maximum Gasteiger partial charge on any atom is 0.214 e. The van der Waals surface area contributed by atoms with Gasteiger partial charge >= 0.3 is 0 Å². The number of aromatic nitrogens is 1. The fourth-order valence-corrected chi connectivity index (χ4v) is 2.31. The van der Waals surface area contributed by atoms with Gasteiger partial charge in [0.2, 0.25) is 5.95 Å². The van der Waals surface area contributed by atoms with E-state index >= 15 is 0 Å². The molecule has 0 radical (unpaired) electrons. The molecule has 0 spiro atoms. The number of piperidine rings is 1. The van der Waals surface area contributed by atoms with Crippen LogP contribution in [0, 0.1) is 5.95 Å². The second-order valence-electron chi connectivity index (χ2n) is 4.61. The summed E-state index contributed by atoms with van der Waals surface area (Å²) in [5, 5.41) is 3.31. The van der Waals surface area contributed by atoms with Crippen molar-refractivity contribution in [2.45, 2.75) is 32.2 Å². The average molecular weight is 237 g/mol. The topological polar surface area (TPSA) is 28.2 Å². The van der Waals surface area contributed by atoms with E-state index < -0.39 is 5.95 Å². The number of nitrogens with zero attached hydrogens (tertiary/aromatic N) is 2. The van der Waals surface area contributed by atoms with Gasteiger partial charge in [0.1, 0.15) is 5.82 Å². The fourth-order valence-electron chi connectivity index (χ4n) is 2.31. The largest absolute Gasteiger partial charge is 0.367 e. The minimum Gasteiger partial charge on any atom is -0.367 e. The summed E-state index contributed by atoms with van der Waals surface area (Å²) in [4.78, 5) is 6.31. The minimum atomic E-state index is -0.418. The minimum absolute atomic E-state index is 0.418. The molecule has 0 bridgehead atoms. The molecule has 1 N–H and O–H groups in total. The van der Waals surface area contributed by atoms with Gasteiger partial charge in [-0.05, 0) is 37.9 Å². The Morgan fingerprint density at radius 3 is 2.82 bits per heavy atom. The molecule has 94 valence electrons. The molecule has 1 aliphatic heterocycles. The monoisotopic (exact) mass is 237 g/mol. The molecule has 1 fully saturated rings. The van der Waals surface area contributed by atoms with Gasteiger partial charge in [-0.25, -0.2) is 4.98 Å². The number of nitrogens with one attached hydrogen (secondary N) is 1. The van der Waals surface area contributed by atoms with E-state index in [4.69, 9.17) is 0 Å². The van der Waals surface area contributed by atoms with E-state index in [1.807, 2.05) is 6.07 Å². The molecule has 0 saturated carbocycles. The summed E-state index contributed by atoms with van der Waals surface area (Å²) >= 11 is 0. The smallest absolute Gasteiger partial charge is 0.214 e. The van der Waals surface area contributed by atoms with Crippen molar-refractivity contribution in [2.24, 2.45) is 0 Å². The molecule has 4 heteroatoms. The van der Waals surface area contributed by atoms with Crippen LogP contribution in [0.2, 0.25) is 0 Å². The number of rotatable bonds is 4. The van der Waals surface area contributed by atoms with Gasteiger partial charge in [0.05, 0.1) is 0 Å². The molecule has 0 aliphatic carbocycles. The van der Waals surface area contributed by atoms with Crippen LogP contribution in [0.4, 0.5) is 10.2 Å². The number of anilines is 1. The molecule has 2 rings (SSSR count). The molecule has 0 unspecified atom stereocenters. The Labute approximate surface area is 102 Å². The first kappa shape index (κ1) is 12.3. The van der Waals surface area contributed by atoms with E-state index in [1.165, 1.54) is 19.0 Å². The quantitative estimate of drug-likeness (QED) is 0.816.